The summed E-state index contributed by atoms with van der Waals surface area (Å²) in [6.07, 6.45) is 2.44. The smallest absolute Gasteiger partial charge is 0.262 e. The Morgan fingerprint density at radius 1 is 1.16 bits per heavy atom. The molecule has 1 aliphatic heterocycles. The third-order valence-electron chi connectivity index (χ3n) is 10.3. The topological polar surface area (TPSA) is 124 Å². The van der Waals surface area contributed by atoms with Crippen LogP contribution < -0.4 is 21.5 Å². The van der Waals surface area contributed by atoms with Gasteiger partial charge in [0.05, 0.1) is 29.6 Å². The van der Waals surface area contributed by atoms with Crippen LogP contribution in [-0.4, -0.2) is 70.3 Å². The van der Waals surface area contributed by atoms with Crippen molar-refractivity contribution in [2.24, 2.45) is 28.2 Å². The zero-order chi connectivity index (χ0) is 32.0. The number of aromatic nitrogens is 2. The van der Waals surface area contributed by atoms with Gasteiger partial charge in [-0.05, 0) is 78.3 Å². The predicted octanol–water partition coefficient (Wildman–Crippen LogP) is 4.62. The first-order chi connectivity index (χ1) is 21.4. The molecular formula is C33H41Cl2N7O3. The minimum atomic E-state index is -0.374. The lowest BCUT2D eigenvalue weighted by Gasteiger charge is -2.61. The normalized spacial score (nSPS) is 24.2. The molecule has 1 saturated heterocycles. The molecule has 3 aliphatic carbocycles. The molecule has 2 unspecified atom stereocenters. The summed E-state index contributed by atoms with van der Waals surface area (Å²) in [5.74, 6) is 2.61. The van der Waals surface area contributed by atoms with Gasteiger partial charge in [0.1, 0.15) is 0 Å². The number of benzene rings is 2. The Bertz CT molecular complexity index is 1700. The number of amides is 1. The van der Waals surface area contributed by atoms with Crippen LogP contribution in [0.1, 0.15) is 39.2 Å². The fourth-order valence-electron chi connectivity index (χ4n) is 7.25. The number of guanidine groups is 1. The predicted molar refractivity (Wildman–Crippen MR) is 180 cm³/mol. The molecule has 2 heterocycles. The number of aliphatic hydroxyl groups is 1. The molecular weight excluding hydrogens is 613 g/mol. The standard InChI is InChI=1S/C33H41Cl2N7O3/c1-18-25-11-20(33(25,2)3)12-27(18)39-32(41-16-23(43)17-41)38-22-7-8-24-28(14-22)40-31(37-15-29(44)36-4)42(30(24)45)10-9-19-5-6-21(34)13-26(19)35/h5-8,13-14,18,20,23,25,27,43H,9-12,15-17H2,1-4H3,(H,36,44)(H,37,40)(H,38,39)/t18?,20?,25-,27+/m1/s1. The Morgan fingerprint density at radius 3 is 2.60 bits per heavy atom. The Morgan fingerprint density at radius 2 is 1.93 bits per heavy atom. The number of carbonyl (C=O) groups is 1. The number of nitrogens with one attached hydrogen (secondary N) is 3. The lowest BCUT2D eigenvalue weighted by molar-refractivity contribution is -0.118. The third-order valence-corrected chi connectivity index (χ3v) is 10.9. The van der Waals surface area contributed by atoms with Crippen molar-refractivity contribution >= 4 is 57.6 Å². The number of anilines is 2. The second-order valence-corrected chi connectivity index (χ2v) is 14.1. The number of likely N-dealkylation sites (tertiary alicyclic amines) is 1. The van der Waals surface area contributed by atoms with Gasteiger partial charge in [-0.15, -0.1) is 0 Å². The zero-order valence-corrected chi connectivity index (χ0v) is 27.6. The van der Waals surface area contributed by atoms with Crippen molar-refractivity contribution in [1.82, 2.24) is 19.8 Å². The average Bonchev–Trinajstić information content (AvgIpc) is 2.98. The van der Waals surface area contributed by atoms with E-state index in [0.717, 1.165) is 23.6 Å². The van der Waals surface area contributed by atoms with Gasteiger partial charge in [0, 0.05) is 42.4 Å². The largest absolute Gasteiger partial charge is 0.389 e. The van der Waals surface area contributed by atoms with Crippen LogP contribution in [-0.2, 0) is 17.8 Å². The number of halogens is 2. The van der Waals surface area contributed by atoms with Crippen LogP contribution in [0.2, 0.25) is 10.0 Å². The van der Waals surface area contributed by atoms with Gasteiger partial charge in [-0.25, -0.2) is 9.98 Å². The molecule has 3 aromatic rings. The summed E-state index contributed by atoms with van der Waals surface area (Å²) in [7, 11) is 1.56. The van der Waals surface area contributed by atoms with Gasteiger partial charge < -0.3 is 26.0 Å². The van der Waals surface area contributed by atoms with Crippen LogP contribution in [0.25, 0.3) is 10.9 Å². The van der Waals surface area contributed by atoms with Gasteiger partial charge in [-0.3, -0.25) is 14.2 Å². The van der Waals surface area contributed by atoms with Crippen LogP contribution in [0.4, 0.5) is 11.6 Å². The molecule has 1 amide bonds. The van der Waals surface area contributed by atoms with Gasteiger partial charge >= 0.3 is 0 Å². The molecule has 7 rings (SSSR count). The average molecular weight is 655 g/mol. The van der Waals surface area contributed by atoms with Crippen molar-refractivity contribution < 1.29 is 9.90 Å². The van der Waals surface area contributed by atoms with E-state index in [0.29, 0.717) is 70.2 Å². The number of fused-ring (bicyclic) bond motifs is 3. The fraction of sp³-hybridized carbons (Fsp3) is 0.515. The number of aryl methyl sites for hydroxylation is 1. The van der Waals surface area contributed by atoms with Crippen molar-refractivity contribution in [3.8, 4) is 0 Å². The van der Waals surface area contributed by atoms with Crippen LogP contribution in [0.3, 0.4) is 0 Å². The summed E-state index contributed by atoms with van der Waals surface area (Å²) in [4.78, 5) is 38.0. The highest BCUT2D eigenvalue weighted by Gasteiger charge is 2.56. The molecule has 0 radical (unpaired) electrons. The van der Waals surface area contributed by atoms with Crippen molar-refractivity contribution in [3.63, 3.8) is 0 Å². The first-order valence-electron chi connectivity index (χ1n) is 15.7. The van der Waals surface area contributed by atoms with Crippen molar-refractivity contribution in [2.45, 2.75) is 58.7 Å². The van der Waals surface area contributed by atoms with E-state index in [9.17, 15) is 14.7 Å². The van der Waals surface area contributed by atoms with E-state index < -0.39 is 0 Å². The van der Waals surface area contributed by atoms with Gasteiger partial charge in [-0.2, -0.15) is 0 Å². The highest BCUT2D eigenvalue weighted by molar-refractivity contribution is 6.35. The highest BCUT2D eigenvalue weighted by atomic mass is 35.5. The highest BCUT2D eigenvalue weighted by Crippen LogP contribution is 2.61. The number of aliphatic imine (C=N–C) groups is 1. The molecule has 4 fully saturated rings. The lowest BCUT2D eigenvalue weighted by Crippen LogP contribution is -2.58. The Kier molecular flexibility index (Phi) is 8.76. The Labute approximate surface area is 273 Å². The summed E-state index contributed by atoms with van der Waals surface area (Å²) in [5.41, 5.74) is 2.22. The summed E-state index contributed by atoms with van der Waals surface area (Å²) < 4.78 is 1.54. The van der Waals surface area contributed by atoms with E-state index in [-0.39, 0.29) is 36.1 Å². The number of hydrogen-bond acceptors (Lipinski definition) is 6. The molecule has 4 aliphatic rings. The Hall–Kier alpha value is -3.34. The molecule has 240 valence electrons. The lowest BCUT2D eigenvalue weighted by atomic mass is 9.45. The summed E-state index contributed by atoms with van der Waals surface area (Å²) in [6, 6.07) is 11.0. The van der Waals surface area contributed by atoms with Gasteiger partial charge in [0.25, 0.3) is 5.56 Å². The van der Waals surface area contributed by atoms with E-state index in [4.69, 9.17) is 33.2 Å². The molecule has 45 heavy (non-hydrogen) atoms. The number of β-amino-alcohol motifs (C(OH)–C–C–N with tert-alkyl or cyclic N) is 1. The van der Waals surface area contributed by atoms with E-state index >= 15 is 0 Å². The summed E-state index contributed by atoms with van der Waals surface area (Å²) in [6.45, 7) is 8.38. The minimum absolute atomic E-state index is 0.0411. The van der Waals surface area contributed by atoms with Crippen LogP contribution in [0.15, 0.2) is 46.2 Å². The fourth-order valence-corrected chi connectivity index (χ4v) is 7.75. The quantitative estimate of drug-likeness (QED) is 0.207. The molecule has 2 bridgehead atoms. The Balaban J connectivity index is 1.30. The monoisotopic (exact) mass is 653 g/mol. The molecule has 3 saturated carbocycles. The first kappa shape index (κ1) is 31.6. The maximum atomic E-state index is 13.8. The van der Waals surface area contributed by atoms with Gasteiger partial charge in [-0.1, -0.05) is 50.0 Å². The number of rotatable bonds is 8. The number of likely N-dealkylation sites (N-methyl/N-ethyl adjacent to an activating group) is 1. The van der Waals surface area contributed by atoms with E-state index in [1.54, 1.807) is 25.2 Å². The number of hydrogen-bond donors (Lipinski definition) is 4. The number of carbonyl (C=O) groups excluding carboxylic acids is 1. The second-order valence-electron chi connectivity index (χ2n) is 13.3. The SMILES string of the molecule is CNC(=O)CNc1nc2cc(N/C(=N/[C@H]3CC4C[C@H](C3C)C4(C)C)N3CC(O)C3)ccc2c(=O)n1CCc1ccc(Cl)cc1Cl. The molecule has 0 spiro atoms. The van der Waals surface area contributed by atoms with Crippen LogP contribution in [0, 0.1) is 23.2 Å². The zero-order valence-electron chi connectivity index (χ0n) is 26.1. The van der Waals surface area contributed by atoms with Crippen molar-refractivity contribution in [3.05, 3.63) is 62.4 Å². The number of aliphatic hydroxyl groups excluding tert-OH is 1. The third kappa shape index (κ3) is 6.24. The van der Waals surface area contributed by atoms with Gasteiger partial charge in [0.2, 0.25) is 11.9 Å². The second kappa shape index (κ2) is 12.5. The maximum Gasteiger partial charge on any atom is 0.262 e. The van der Waals surface area contributed by atoms with Gasteiger partial charge in [0.15, 0.2) is 5.96 Å². The van der Waals surface area contributed by atoms with E-state index in [2.05, 4.69) is 41.6 Å². The molecule has 12 heteroatoms. The van der Waals surface area contributed by atoms with E-state index in [1.165, 1.54) is 11.0 Å². The van der Waals surface area contributed by atoms with Crippen molar-refractivity contribution in [1.29, 1.82) is 0 Å². The van der Waals surface area contributed by atoms with E-state index in [1.807, 2.05) is 18.2 Å². The summed E-state index contributed by atoms with van der Waals surface area (Å²) in [5, 5.41) is 20.7. The van der Waals surface area contributed by atoms with Crippen LogP contribution in [0.5, 0.6) is 0 Å². The minimum Gasteiger partial charge on any atom is -0.389 e. The molecule has 1 aromatic heterocycles. The molecule has 10 nitrogen and oxygen atoms in total. The van der Waals surface area contributed by atoms with Crippen LogP contribution >= 0.6 is 23.2 Å². The maximum absolute atomic E-state index is 13.8. The molecule has 2 aromatic carbocycles. The first-order valence-corrected chi connectivity index (χ1v) is 16.4. The van der Waals surface area contributed by atoms with Crippen molar-refractivity contribution in [2.75, 3.05) is 37.3 Å². The molecule has 4 atom stereocenters. The molecule has 4 N–H and O–H groups in total. The number of nitrogens with zero attached hydrogens (tertiary/aromatic N) is 4. The summed E-state index contributed by atoms with van der Waals surface area (Å²) >= 11 is 12.5.